The van der Waals surface area contributed by atoms with Gasteiger partial charge in [-0.1, -0.05) is 60.7 Å². The van der Waals surface area contributed by atoms with Gasteiger partial charge in [0, 0.05) is 27.7 Å². The minimum Gasteiger partial charge on any atom is -0.463 e. The number of carbonyl (C=O) groups is 4. The highest BCUT2D eigenvalue weighted by Gasteiger charge is 2.52. The molecule has 0 radical (unpaired) electrons. The van der Waals surface area contributed by atoms with E-state index in [-0.39, 0.29) is 23.8 Å². The molecule has 0 spiro atoms. The molecule has 2 heterocycles. The molecule has 12 nitrogen and oxygen atoms in total. The monoisotopic (exact) mass is 655 g/mol. The number of ether oxygens (including phenoxy) is 5. The number of likely N-dealkylation sites (tertiary alicyclic amines) is 1. The molecule has 0 aliphatic carbocycles. The van der Waals surface area contributed by atoms with Gasteiger partial charge in [0.15, 0.2) is 29.7 Å². The predicted molar refractivity (Wildman–Crippen MR) is 170 cm³/mol. The smallest absolute Gasteiger partial charge is 0.303 e. The number of esters is 4. The van der Waals surface area contributed by atoms with Crippen molar-refractivity contribution < 1.29 is 42.9 Å². The number of carbonyl (C=O) groups excluding carboxylic acids is 4. The lowest BCUT2D eigenvalue weighted by Gasteiger charge is -2.45. The molecule has 7 atom stereocenters. The molecule has 4 rings (SSSR count). The van der Waals surface area contributed by atoms with Crippen LogP contribution in [0.25, 0.3) is 0 Å². The Hall–Kier alpha value is -4.07. The first-order chi connectivity index (χ1) is 22.0. The topological polar surface area (TPSA) is 142 Å². The lowest BCUT2D eigenvalue weighted by Crippen LogP contribution is -2.67. The fourth-order valence-electron chi connectivity index (χ4n) is 5.95. The van der Waals surface area contributed by atoms with Gasteiger partial charge in [-0.05, 0) is 49.3 Å². The van der Waals surface area contributed by atoms with E-state index in [0.29, 0.717) is 0 Å². The summed E-state index contributed by atoms with van der Waals surface area (Å²) >= 11 is 5.85. The Kier molecular flexibility index (Phi) is 12.5. The van der Waals surface area contributed by atoms with Crippen molar-refractivity contribution in [1.82, 2.24) is 15.5 Å². The van der Waals surface area contributed by atoms with Gasteiger partial charge in [-0.15, -0.1) is 0 Å². The summed E-state index contributed by atoms with van der Waals surface area (Å²) in [5, 5.41) is 6.73. The van der Waals surface area contributed by atoms with Crippen LogP contribution in [0.2, 0.25) is 0 Å². The third kappa shape index (κ3) is 9.47. The number of nitrogens with one attached hydrogen (secondary N) is 2. The van der Waals surface area contributed by atoms with Gasteiger partial charge >= 0.3 is 23.9 Å². The zero-order valence-corrected chi connectivity index (χ0v) is 27.2. The molecule has 2 aliphatic rings. The lowest BCUT2D eigenvalue weighted by atomic mass is 9.92. The van der Waals surface area contributed by atoms with Gasteiger partial charge in [-0.2, -0.15) is 0 Å². The van der Waals surface area contributed by atoms with Crippen LogP contribution in [-0.4, -0.2) is 84.2 Å². The Morgan fingerprint density at radius 2 is 1.30 bits per heavy atom. The maximum Gasteiger partial charge on any atom is 0.303 e. The standard InChI is InChI=1S/C33H41N3O9S/c1-20(37)41-19-26-29(42-21(2)38)30(43-22(3)39)31(44-23(4)40)32(45-26)35-33(46)34-27(24-13-7-5-8-14-24)28(36-17-11-12-18-36)25-15-9-6-10-16-25/h5-10,13-16,26-32H,11-12,17-19H2,1-4H3,(H2,34,35,46). The quantitative estimate of drug-likeness (QED) is 0.208. The third-order valence-corrected chi connectivity index (χ3v) is 7.94. The second kappa shape index (κ2) is 16.5. The van der Waals surface area contributed by atoms with Crippen LogP contribution in [0.5, 0.6) is 0 Å². The van der Waals surface area contributed by atoms with Gasteiger partial charge in [0.1, 0.15) is 12.7 Å². The highest BCUT2D eigenvalue weighted by atomic mass is 32.1. The highest BCUT2D eigenvalue weighted by Crippen LogP contribution is 2.36. The largest absolute Gasteiger partial charge is 0.463 e. The summed E-state index contributed by atoms with van der Waals surface area (Å²) in [7, 11) is 0. The molecular weight excluding hydrogens is 614 g/mol. The maximum atomic E-state index is 12.3. The van der Waals surface area contributed by atoms with Gasteiger partial charge in [-0.25, -0.2) is 0 Å². The van der Waals surface area contributed by atoms with E-state index in [1.165, 1.54) is 27.7 Å². The van der Waals surface area contributed by atoms with Gasteiger partial charge < -0.3 is 34.3 Å². The van der Waals surface area contributed by atoms with Gasteiger partial charge in [-0.3, -0.25) is 24.1 Å². The molecule has 248 valence electrons. The first-order valence-corrected chi connectivity index (χ1v) is 15.7. The van der Waals surface area contributed by atoms with Crippen molar-refractivity contribution in [3.63, 3.8) is 0 Å². The minimum atomic E-state index is -1.31. The van der Waals surface area contributed by atoms with Crippen molar-refractivity contribution in [2.24, 2.45) is 0 Å². The molecule has 0 saturated carbocycles. The number of hydrogen-bond acceptors (Lipinski definition) is 11. The molecule has 2 aromatic rings. The number of nitrogens with zero attached hydrogens (tertiary/aromatic N) is 1. The maximum absolute atomic E-state index is 12.3. The molecule has 2 aromatic carbocycles. The zero-order valence-electron chi connectivity index (χ0n) is 26.4. The van der Waals surface area contributed by atoms with Crippen LogP contribution in [0.3, 0.4) is 0 Å². The molecule has 0 amide bonds. The van der Waals surface area contributed by atoms with Crippen molar-refractivity contribution >= 4 is 41.2 Å². The molecule has 2 N–H and O–H groups in total. The molecule has 2 fully saturated rings. The Morgan fingerprint density at radius 3 is 1.85 bits per heavy atom. The average molecular weight is 656 g/mol. The summed E-state index contributed by atoms with van der Waals surface area (Å²) in [6.07, 6.45) is -4.00. The molecule has 2 saturated heterocycles. The summed E-state index contributed by atoms with van der Waals surface area (Å²) in [6, 6.07) is 19.7. The molecule has 7 unspecified atom stereocenters. The van der Waals surface area contributed by atoms with Crippen LogP contribution in [0.4, 0.5) is 0 Å². The average Bonchev–Trinajstić information content (AvgIpc) is 3.54. The number of thiocarbonyl (C=S) groups is 1. The van der Waals surface area contributed by atoms with Crippen LogP contribution in [0.1, 0.15) is 63.7 Å². The summed E-state index contributed by atoms with van der Waals surface area (Å²) < 4.78 is 28.0. The van der Waals surface area contributed by atoms with E-state index in [9.17, 15) is 19.2 Å². The van der Waals surface area contributed by atoms with Crippen molar-refractivity contribution in [2.45, 2.75) is 83.3 Å². The summed E-state index contributed by atoms with van der Waals surface area (Å²) in [6.45, 7) is 6.26. The van der Waals surface area contributed by atoms with E-state index in [1.54, 1.807) is 0 Å². The molecule has 0 bridgehead atoms. The summed E-state index contributed by atoms with van der Waals surface area (Å²) in [5.74, 6) is -2.72. The number of hydrogen-bond donors (Lipinski definition) is 2. The Labute approximate surface area is 274 Å². The Morgan fingerprint density at radius 1 is 0.783 bits per heavy atom. The van der Waals surface area contributed by atoms with Crippen molar-refractivity contribution in [3.05, 3.63) is 71.8 Å². The van der Waals surface area contributed by atoms with Gasteiger partial charge in [0.25, 0.3) is 0 Å². The van der Waals surface area contributed by atoms with E-state index in [2.05, 4.69) is 27.7 Å². The van der Waals surface area contributed by atoms with E-state index in [4.69, 9.17) is 35.9 Å². The molecule has 0 aromatic heterocycles. The second-order valence-corrected chi connectivity index (χ2v) is 11.6. The van der Waals surface area contributed by atoms with Crippen LogP contribution in [0.15, 0.2) is 60.7 Å². The molecule has 46 heavy (non-hydrogen) atoms. The first kappa shape index (κ1) is 34.8. The summed E-state index contributed by atoms with van der Waals surface area (Å²) in [5.41, 5.74) is 2.11. The van der Waals surface area contributed by atoms with E-state index in [0.717, 1.165) is 37.1 Å². The van der Waals surface area contributed by atoms with Gasteiger partial charge in [0.05, 0.1) is 12.1 Å². The fraction of sp³-hybridized carbons (Fsp3) is 0.485. The number of benzene rings is 2. The minimum absolute atomic E-state index is 0.0822. The van der Waals surface area contributed by atoms with Crippen molar-refractivity contribution in [3.8, 4) is 0 Å². The van der Waals surface area contributed by atoms with E-state index in [1.807, 2.05) is 48.5 Å². The third-order valence-electron chi connectivity index (χ3n) is 7.70. The Bertz CT molecular complexity index is 1360. The van der Waals surface area contributed by atoms with Crippen LogP contribution in [0, 0.1) is 0 Å². The number of rotatable bonds is 11. The zero-order chi connectivity index (χ0) is 33.2. The van der Waals surface area contributed by atoms with E-state index < -0.39 is 54.5 Å². The van der Waals surface area contributed by atoms with Crippen LogP contribution in [-0.2, 0) is 42.9 Å². The van der Waals surface area contributed by atoms with Gasteiger partial charge in [0.2, 0.25) is 0 Å². The first-order valence-electron chi connectivity index (χ1n) is 15.2. The second-order valence-electron chi connectivity index (χ2n) is 11.2. The predicted octanol–water partition coefficient (Wildman–Crippen LogP) is 3.11. The molecule has 13 heteroatoms. The lowest BCUT2D eigenvalue weighted by molar-refractivity contribution is -0.255. The molecular formula is C33H41N3O9S. The Balaban J connectivity index is 1.68. The van der Waals surface area contributed by atoms with E-state index >= 15 is 0 Å². The summed E-state index contributed by atoms with van der Waals surface area (Å²) in [4.78, 5) is 50.7. The van der Waals surface area contributed by atoms with Crippen LogP contribution >= 0.6 is 12.2 Å². The fourth-order valence-corrected chi connectivity index (χ4v) is 6.19. The van der Waals surface area contributed by atoms with Crippen molar-refractivity contribution in [1.29, 1.82) is 0 Å². The highest BCUT2D eigenvalue weighted by molar-refractivity contribution is 7.80. The molecule has 2 aliphatic heterocycles. The van der Waals surface area contributed by atoms with Crippen LogP contribution < -0.4 is 10.6 Å². The normalized spacial score (nSPS) is 24.1. The SMILES string of the molecule is CC(=O)OCC1OC(NC(=S)NC(c2ccccc2)C(c2ccccc2)N2CCCC2)C(OC(C)=O)C(OC(C)=O)C1OC(C)=O. The van der Waals surface area contributed by atoms with Crippen molar-refractivity contribution in [2.75, 3.05) is 19.7 Å².